The van der Waals surface area contributed by atoms with Crippen LogP contribution in [0.5, 0.6) is 0 Å². The Morgan fingerprint density at radius 2 is 1.81 bits per heavy atom. The maximum absolute atomic E-state index is 13.1. The molecule has 1 aliphatic heterocycles. The summed E-state index contributed by atoms with van der Waals surface area (Å²) in [5.41, 5.74) is 2.35. The molecule has 4 rings (SSSR count). The summed E-state index contributed by atoms with van der Waals surface area (Å²) in [5, 5.41) is 16.1. The Hall–Kier alpha value is -3.48. The molecule has 3 aromatic rings. The van der Waals surface area contributed by atoms with Crippen molar-refractivity contribution < 1.29 is 14.7 Å². The van der Waals surface area contributed by atoms with Gasteiger partial charge in [0.1, 0.15) is 6.33 Å². The summed E-state index contributed by atoms with van der Waals surface area (Å²) in [4.78, 5) is 30.5. The summed E-state index contributed by atoms with van der Waals surface area (Å²) in [6.07, 6.45) is 2.14. The van der Waals surface area contributed by atoms with E-state index >= 15 is 0 Å². The summed E-state index contributed by atoms with van der Waals surface area (Å²) in [6, 6.07) is 14.3. The maximum atomic E-state index is 13.1. The van der Waals surface area contributed by atoms with Crippen LogP contribution >= 0.6 is 0 Å². The van der Waals surface area contributed by atoms with Crippen LogP contribution in [0.1, 0.15) is 38.6 Å². The van der Waals surface area contributed by atoms with Crippen LogP contribution in [-0.2, 0) is 0 Å². The molecule has 1 atom stereocenters. The number of aromatic nitrogens is 3. The molecule has 7 heteroatoms. The summed E-state index contributed by atoms with van der Waals surface area (Å²) in [5.74, 6) is -0.465. The van der Waals surface area contributed by atoms with Crippen molar-refractivity contribution in [1.29, 1.82) is 0 Å². The molecule has 2 heterocycles. The fourth-order valence-corrected chi connectivity index (χ4v) is 3.63. The van der Waals surface area contributed by atoms with Crippen LogP contribution in [-0.4, -0.2) is 50.2 Å². The highest BCUT2D eigenvalue weighted by Crippen LogP contribution is 2.31. The van der Waals surface area contributed by atoms with E-state index in [9.17, 15) is 14.7 Å². The Kier molecular flexibility index (Phi) is 4.42. The highest BCUT2D eigenvalue weighted by atomic mass is 16.4. The van der Waals surface area contributed by atoms with Gasteiger partial charge in [-0.1, -0.05) is 36.4 Å². The minimum atomic E-state index is -0.939. The zero-order chi connectivity index (χ0) is 18.8. The monoisotopic (exact) mass is 362 g/mol. The number of nitrogens with one attached hydrogen (secondary N) is 1. The highest BCUT2D eigenvalue weighted by Gasteiger charge is 2.31. The second-order valence-corrected chi connectivity index (χ2v) is 6.51. The number of aromatic amines is 1. The van der Waals surface area contributed by atoms with Crippen molar-refractivity contribution in [2.24, 2.45) is 0 Å². The van der Waals surface area contributed by atoms with E-state index in [1.54, 1.807) is 23.1 Å². The van der Waals surface area contributed by atoms with Crippen molar-refractivity contribution in [2.75, 3.05) is 13.1 Å². The van der Waals surface area contributed by atoms with Gasteiger partial charge in [0.05, 0.1) is 11.1 Å². The van der Waals surface area contributed by atoms with E-state index in [0.717, 1.165) is 12.0 Å². The molecule has 0 bridgehead atoms. The van der Waals surface area contributed by atoms with Crippen molar-refractivity contribution in [1.82, 2.24) is 20.1 Å². The Labute approximate surface area is 155 Å². The lowest BCUT2D eigenvalue weighted by Crippen LogP contribution is -2.29. The van der Waals surface area contributed by atoms with E-state index in [1.807, 2.05) is 30.3 Å². The second kappa shape index (κ2) is 7.03. The summed E-state index contributed by atoms with van der Waals surface area (Å²) in [6.45, 7) is 1.08. The molecular weight excluding hydrogens is 344 g/mol. The van der Waals surface area contributed by atoms with E-state index < -0.39 is 5.97 Å². The van der Waals surface area contributed by atoms with Crippen LogP contribution in [0.2, 0.25) is 0 Å². The largest absolute Gasteiger partial charge is 0.478 e. The van der Waals surface area contributed by atoms with Crippen LogP contribution in [0.3, 0.4) is 0 Å². The zero-order valence-corrected chi connectivity index (χ0v) is 14.5. The molecule has 1 aliphatic rings. The first-order chi connectivity index (χ1) is 13.1. The van der Waals surface area contributed by atoms with Crippen LogP contribution in [0, 0.1) is 0 Å². The van der Waals surface area contributed by atoms with E-state index in [-0.39, 0.29) is 11.8 Å². The first kappa shape index (κ1) is 17.0. The fraction of sp³-hybridized carbons (Fsp3) is 0.200. The average molecular weight is 362 g/mol. The first-order valence-corrected chi connectivity index (χ1v) is 8.71. The molecule has 1 amide bonds. The summed E-state index contributed by atoms with van der Waals surface area (Å²) in [7, 11) is 0. The lowest BCUT2D eigenvalue weighted by atomic mass is 9.93. The second-order valence-electron chi connectivity index (χ2n) is 6.51. The van der Waals surface area contributed by atoms with Crippen LogP contribution in [0.25, 0.3) is 11.4 Å². The molecule has 0 saturated carbocycles. The number of amides is 1. The molecule has 1 unspecified atom stereocenters. The SMILES string of the molecule is O=C(O)c1ccccc1C1CCN(C(=O)c2ccccc2-c2ncn[nH]2)C1. The Balaban J connectivity index is 1.59. The van der Waals surface area contributed by atoms with Gasteiger partial charge in [-0.15, -0.1) is 0 Å². The number of hydrogen-bond donors (Lipinski definition) is 2. The first-order valence-electron chi connectivity index (χ1n) is 8.71. The highest BCUT2D eigenvalue weighted by molar-refractivity contribution is 6.00. The number of carbonyl (C=O) groups is 2. The zero-order valence-electron chi connectivity index (χ0n) is 14.5. The van der Waals surface area contributed by atoms with Crippen LogP contribution < -0.4 is 0 Å². The molecule has 1 aromatic heterocycles. The topological polar surface area (TPSA) is 99.2 Å². The number of nitrogens with zero attached hydrogens (tertiary/aromatic N) is 3. The third-order valence-corrected chi connectivity index (χ3v) is 4.93. The molecule has 1 saturated heterocycles. The molecule has 27 heavy (non-hydrogen) atoms. The van der Waals surface area contributed by atoms with Gasteiger partial charge in [-0.25, -0.2) is 9.78 Å². The van der Waals surface area contributed by atoms with E-state index in [2.05, 4.69) is 15.2 Å². The van der Waals surface area contributed by atoms with Crippen molar-refractivity contribution in [3.05, 3.63) is 71.5 Å². The number of aromatic carboxylic acids is 1. The van der Waals surface area contributed by atoms with Gasteiger partial charge in [0.15, 0.2) is 5.82 Å². The molecule has 2 N–H and O–H groups in total. The number of likely N-dealkylation sites (tertiary alicyclic amines) is 1. The van der Waals surface area contributed by atoms with Crippen molar-refractivity contribution >= 4 is 11.9 Å². The fourth-order valence-electron chi connectivity index (χ4n) is 3.63. The number of carbonyl (C=O) groups excluding carboxylic acids is 1. The van der Waals surface area contributed by atoms with Crippen molar-refractivity contribution in [3.8, 4) is 11.4 Å². The number of benzene rings is 2. The Morgan fingerprint density at radius 3 is 2.56 bits per heavy atom. The van der Waals surface area contributed by atoms with Gasteiger partial charge >= 0.3 is 5.97 Å². The average Bonchev–Trinajstić information content (AvgIpc) is 3.39. The molecule has 136 valence electrons. The van der Waals surface area contributed by atoms with Gasteiger partial charge in [0.25, 0.3) is 5.91 Å². The number of carboxylic acids is 1. The molecule has 1 fully saturated rings. The van der Waals surface area contributed by atoms with Crippen LogP contribution in [0.4, 0.5) is 0 Å². The van der Waals surface area contributed by atoms with E-state index in [0.29, 0.717) is 35.6 Å². The lowest BCUT2D eigenvalue weighted by Gasteiger charge is -2.19. The molecule has 0 aliphatic carbocycles. The predicted octanol–water partition coefficient (Wildman–Crippen LogP) is 2.80. The van der Waals surface area contributed by atoms with Gasteiger partial charge in [0.2, 0.25) is 0 Å². The number of rotatable bonds is 4. The predicted molar refractivity (Wildman–Crippen MR) is 98.5 cm³/mol. The lowest BCUT2D eigenvalue weighted by molar-refractivity contribution is 0.0695. The summed E-state index contributed by atoms with van der Waals surface area (Å²) < 4.78 is 0. The molecule has 0 spiro atoms. The van der Waals surface area contributed by atoms with Crippen molar-refractivity contribution in [2.45, 2.75) is 12.3 Å². The van der Waals surface area contributed by atoms with E-state index in [4.69, 9.17) is 0 Å². The smallest absolute Gasteiger partial charge is 0.335 e. The number of hydrogen-bond acceptors (Lipinski definition) is 4. The van der Waals surface area contributed by atoms with E-state index in [1.165, 1.54) is 6.33 Å². The Morgan fingerprint density at radius 1 is 1.07 bits per heavy atom. The molecule has 2 aromatic carbocycles. The standard InChI is InChI=1S/C20H18N4O3/c25-19(16-7-3-2-6-15(16)18-21-12-22-23-18)24-10-9-13(11-24)14-5-1-4-8-17(14)20(26)27/h1-8,12-13H,9-11H2,(H,26,27)(H,21,22,23). The number of H-pyrrole nitrogens is 1. The molecular formula is C20H18N4O3. The van der Waals surface area contributed by atoms with Gasteiger partial charge < -0.3 is 10.0 Å². The third-order valence-electron chi connectivity index (χ3n) is 4.93. The van der Waals surface area contributed by atoms with Gasteiger partial charge in [0, 0.05) is 24.6 Å². The minimum absolute atomic E-state index is 0.0127. The van der Waals surface area contributed by atoms with Crippen molar-refractivity contribution in [3.63, 3.8) is 0 Å². The maximum Gasteiger partial charge on any atom is 0.335 e. The third kappa shape index (κ3) is 3.19. The van der Waals surface area contributed by atoms with Gasteiger partial charge in [-0.2, -0.15) is 5.10 Å². The van der Waals surface area contributed by atoms with Gasteiger partial charge in [-0.05, 0) is 24.1 Å². The van der Waals surface area contributed by atoms with Gasteiger partial charge in [-0.3, -0.25) is 9.89 Å². The minimum Gasteiger partial charge on any atom is -0.478 e. The number of carboxylic acid groups (broad SMARTS) is 1. The normalized spacial score (nSPS) is 16.4. The van der Waals surface area contributed by atoms with Crippen LogP contribution in [0.15, 0.2) is 54.9 Å². The summed E-state index contributed by atoms with van der Waals surface area (Å²) >= 11 is 0. The Bertz CT molecular complexity index is 984. The molecule has 0 radical (unpaired) electrons. The quantitative estimate of drug-likeness (QED) is 0.743. The molecule has 7 nitrogen and oxygen atoms in total.